The maximum atomic E-state index is 11.5. The SMILES string of the molecule is CC(=O)c1cc(C)ccc1N=NN1CCCC1. The molecule has 4 nitrogen and oxygen atoms in total. The van der Waals surface area contributed by atoms with Gasteiger partial charge in [0.15, 0.2) is 5.78 Å². The smallest absolute Gasteiger partial charge is 0.162 e. The Kier molecular flexibility index (Phi) is 3.52. The summed E-state index contributed by atoms with van der Waals surface area (Å²) in [5.74, 6) is 0.0315. The number of ketones is 1. The number of aryl methyl sites for hydroxylation is 1. The maximum absolute atomic E-state index is 11.5. The predicted octanol–water partition coefficient (Wildman–Crippen LogP) is 3.29. The molecule has 0 aliphatic carbocycles. The van der Waals surface area contributed by atoms with Crippen LogP contribution in [0.25, 0.3) is 0 Å². The third-order valence-electron chi connectivity index (χ3n) is 2.89. The highest BCUT2D eigenvalue weighted by molar-refractivity contribution is 5.98. The number of benzene rings is 1. The average molecular weight is 231 g/mol. The van der Waals surface area contributed by atoms with Gasteiger partial charge in [-0.05, 0) is 38.8 Å². The maximum Gasteiger partial charge on any atom is 0.162 e. The molecule has 1 aromatic carbocycles. The van der Waals surface area contributed by atoms with Crippen molar-refractivity contribution in [3.8, 4) is 0 Å². The van der Waals surface area contributed by atoms with E-state index >= 15 is 0 Å². The second kappa shape index (κ2) is 5.08. The molecule has 1 saturated heterocycles. The molecule has 0 amide bonds. The lowest BCUT2D eigenvalue weighted by Gasteiger charge is -2.08. The Balaban J connectivity index is 2.22. The van der Waals surface area contributed by atoms with Crippen molar-refractivity contribution in [2.45, 2.75) is 26.7 Å². The zero-order valence-corrected chi connectivity index (χ0v) is 10.3. The van der Waals surface area contributed by atoms with Crippen molar-refractivity contribution in [1.29, 1.82) is 0 Å². The van der Waals surface area contributed by atoms with Crippen LogP contribution in [0.3, 0.4) is 0 Å². The second-order valence-electron chi connectivity index (χ2n) is 4.43. The summed E-state index contributed by atoms with van der Waals surface area (Å²) in [6.45, 7) is 5.45. The molecule has 0 aromatic heterocycles. The molecule has 0 saturated carbocycles. The van der Waals surface area contributed by atoms with E-state index in [0.29, 0.717) is 11.3 Å². The van der Waals surface area contributed by atoms with Crippen molar-refractivity contribution in [3.63, 3.8) is 0 Å². The van der Waals surface area contributed by atoms with Crippen LogP contribution in [-0.2, 0) is 0 Å². The molecule has 0 atom stereocenters. The van der Waals surface area contributed by atoms with Gasteiger partial charge in [0.05, 0.1) is 5.69 Å². The lowest BCUT2D eigenvalue weighted by atomic mass is 10.1. The largest absolute Gasteiger partial charge is 0.294 e. The molecule has 2 rings (SSSR count). The summed E-state index contributed by atoms with van der Waals surface area (Å²) in [4.78, 5) is 11.5. The Bertz CT molecular complexity index is 448. The van der Waals surface area contributed by atoms with Crippen LogP contribution in [0.2, 0.25) is 0 Å². The van der Waals surface area contributed by atoms with E-state index in [0.717, 1.165) is 18.7 Å². The summed E-state index contributed by atoms with van der Waals surface area (Å²) < 4.78 is 0. The van der Waals surface area contributed by atoms with E-state index in [1.54, 1.807) is 6.92 Å². The fourth-order valence-corrected chi connectivity index (χ4v) is 1.92. The molecule has 0 unspecified atom stereocenters. The Morgan fingerprint density at radius 2 is 2.00 bits per heavy atom. The van der Waals surface area contributed by atoms with Crippen LogP contribution in [0, 0.1) is 6.92 Å². The van der Waals surface area contributed by atoms with Crippen LogP contribution in [0.5, 0.6) is 0 Å². The number of nitrogens with zero attached hydrogens (tertiary/aromatic N) is 3. The van der Waals surface area contributed by atoms with E-state index in [-0.39, 0.29) is 5.78 Å². The first-order chi connectivity index (χ1) is 8.16. The van der Waals surface area contributed by atoms with Gasteiger partial charge >= 0.3 is 0 Å². The fraction of sp³-hybridized carbons (Fsp3) is 0.462. The van der Waals surface area contributed by atoms with Gasteiger partial charge < -0.3 is 0 Å². The molecule has 1 aliphatic heterocycles. The zero-order valence-electron chi connectivity index (χ0n) is 10.3. The Labute approximate surface area is 101 Å². The van der Waals surface area contributed by atoms with Crippen molar-refractivity contribution in [1.82, 2.24) is 5.01 Å². The normalized spacial score (nSPS) is 15.8. The van der Waals surface area contributed by atoms with Gasteiger partial charge in [0.2, 0.25) is 0 Å². The minimum absolute atomic E-state index is 0.0315. The van der Waals surface area contributed by atoms with Gasteiger partial charge in [-0.1, -0.05) is 16.9 Å². The van der Waals surface area contributed by atoms with E-state index in [4.69, 9.17) is 0 Å². The zero-order chi connectivity index (χ0) is 12.3. The molecule has 0 spiro atoms. The number of carbonyl (C=O) groups is 1. The van der Waals surface area contributed by atoms with Crippen molar-refractivity contribution < 1.29 is 4.79 Å². The first-order valence-corrected chi connectivity index (χ1v) is 5.95. The van der Waals surface area contributed by atoms with Crippen molar-refractivity contribution in [2.24, 2.45) is 10.3 Å². The van der Waals surface area contributed by atoms with Gasteiger partial charge in [0, 0.05) is 18.7 Å². The molecule has 1 aromatic rings. The van der Waals surface area contributed by atoms with Crippen LogP contribution >= 0.6 is 0 Å². The first-order valence-electron chi connectivity index (χ1n) is 5.95. The number of carbonyl (C=O) groups excluding carboxylic acids is 1. The third-order valence-corrected chi connectivity index (χ3v) is 2.89. The predicted molar refractivity (Wildman–Crippen MR) is 66.5 cm³/mol. The van der Waals surface area contributed by atoms with E-state index in [2.05, 4.69) is 10.3 Å². The highest BCUT2D eigenvalue weighted by Gasteiger charge is 2.10. The quantitative estimate of drug-likeness (QED) is 0.592. The summed E-state index contributed by atoms with van der Waals surface area (Å²) in [7, 11) is 0. The molecular formula is C13H17N3O. The molecule has 0 N–H and O–H groups in total. The van der Waals surface area contributed by atoms with E-state index < -0.39 is 0 Å². The van der Waals surface area contributed by atoms with E-state index in [9.17, 15) is 4.79 Å². The fourth-order valence-electron chi connectivity index (χ4n) is 1.92. The first kappa shape index (κ1) is 11.8. The van der Waals surface area contributed by atoms with Gasteiger partial charge in [0.25, 0.3) is 0 Å². The molecule has 1 aliphatic rings. The summed E-state index contributed by atoms with van der Waals surface area (Å²) in [5.41, 5.74) is 2.37. The second-order valence-corrected chi connectivity index (χ2v) is 4.43. The van der Waals surface area contributed by atoms with Gasteiger partial charge in [-0.15, -0.1) is 5.11 Å². The molecule has 1 heterocycles. The van der Waals surface area contributed by atoms with Crippen LogP contribution in [0.15, 0.2) is 28.5 Å². The van der Waals surface area contributed by atoms with Crippen LogP contribution in [-0.4, -0.2) is 23.9 Å². The van der Waals surface area contributed by atoms with E-state index in [1.165, 1.54) is 12.8 Å². The van der Waals surface area contributed by atoms with Gasteiger partial charge in [0.1, 0.15) is 0 Å². The topological polar surface area (TPSA) is 45.0 Å². The number of rotatable bonds is 3. The Morgan fingerprint density at radius 1 is 1.29 bits per heavy atom. The summed E-state index contributed by atoms with van der Waals surface area (Å²) in [5, 5.41) is 10.3. The lowest BCUT2D eigenvalue weighted by Crippen LogP contribution is -2.09. The molecule has 90 valence electrons. The molecule has 0 radical (unpaired) electrons. The minimum Gasteiger partial charge on any atom is -0.294 e. The number of hydrogen-bond acceptors (Lipinski definition) is 3. The lowest BCUT2D eigenvalue weighted by molar-refractivity contribution is 0.101. The molecule has 1 fully saturated rings. The van der Waals surface area contributed by atoms with Crippen LogP contribution in [0.1, 0.15) is 35.7 Å². The highest BCUT2D eigenvalue weighted by Crippen LogP contribution is 2.22. The number of Topliss-reactive ketones (excluding diaryl/α,β-unsaturated/α-hetero) is 1. The molecular weight excluding hydrogens is 214 g/mol. The summed E-state index contributed by atoms with van der Waals surface area (Å²) in [6, 6.07) is 5.66. The van der Waals surface area contributed by atoms with Crippen molar-refractivity contribution >= 4 is 11.5 Å². The average Bonchev–Trinajstić information content (AvgIpc) is 2.80. The van der Waals surface area contributed by atoms with Crippen molar-refractivity contribution in [2.75, 3.05) is 13.1 Å². The van der Waals surface area contributed by atoms with Crippen LogP contribution < -0.4 is 0 Å². The summed E-state index contributed by atoms with van der Waals surface area (Å²) >= 11 is 0. The van der Waals surface area contributed by atoms with Gasteiger partial charge in [-0.2, -0.15) is 0 Å². The standard InChI is InChI=1S/C13H17N3O/c1-10-5-6-13(12(9-10)11(2)17)14-15-16-7-3-4-8-16/h5-6,9H,3-4,7-8H2,1-2H3. The third kappa shape index (κ3) is 2.90. The molecule has 4 heteroatoms. The van der Waals surface area contributed by atoms with Gasteiger partial charge in [-0.3, -0.25) is 9.80 Å². The number of hydrogen-bond donors (Lipinski definition) is 0. The van der Waals surface area contributed by atoms with Crippen molar-refractivity contribution in [3.05, 3.63) is 29.3 Å². The summed E-state index contributed by atoms with van der Waals surface area (Å²) in [6.07, 6.45) is 2.35. The minimum atomic E-state index is 0.0315. The van der Waals surface area contributed by atoms with Crippen LogP contribution in [0.4, 0.5) is 5.69 Å². The van der Waals surface area contributed by atoms with E-state index in [1.807, 2.05) is 30.1 Å². The Hall–Kier alpha value is -1.71. The highest BCUT2D eigenvalue weighted by atomic mass is 16.1. The Morgan fingerprint density at radius 3 is 2.65 bits per heavy atom. The monoisotopic (exact) mass is 231 g/mol. The molecule has 17 heavy (non-hydrogen) atoms. The van der Waals surface area contributed by atoms with Gasteiger partial charge in [-0.25, -0.2) is 0 Å². The molecule has 0 bridgehead atoms.